The lowest BCUT2D eigenvalue weighted by Crippen LogP contribution is -2.17. The first-order valence-corrected chi connectivity index (χ1v) is 5.54. The van der Waals surface area contributed by atoms with Gasteiger partial charge in [0.05, 0.1) is 5.69 Å². The first-order chi connectivity index (χ1) is 8.34. The summed E-state index contributed by atoms with van der Waals surface area (Å²) < 4.78 is 12.7. The third-order valence-corrected chi connectivity index (χ3v) is 2.43. The summed E-state index contributed by atoms with van der Waals surface area (Å²) in [6, 6.07) is 6.58. The highest BCUT2D eigenvalue weighted by Gasteiger charge is 1.95. The molecule has 1 heterocycles. The van der Waals surface area contributed by atoms with E-state index in [0.29, 0.717) is 6.54 Å². The van der Waals surface area contributed by atoms with Gasteiger partial charge >= 0.3 is 0 Å². The molecule has 0 aliphatic carbocycles. The van der Waals surface area contributed by atoms with Gasteiger partial charge in [-0.25, -0.2) is 4.39 Å². The molecule has 0 spiro atoms. The average molecular weight is 231 g/mol. The molecule has 1 N–H and O–H groups in total. The van der Waals surface area contributed by atoms with Gasteiger partial charge < -0.3 is 5.32 Å². The third-order valence-electron chi connectivity index (χ3n) is 2.43. The van der Waals surface area contributed by atoms with Crippen LogP contribution in [0, 0.1) is 5.82 Å². The average Bonchev–Trinajstić information content (AvgIpc) is 2.38. The summed E-state index contributed by atoms with van der Waals surface area (Å²) in [6.45, 7) is 1.54. The number of rotatable bonds is 5. The lowest BCUT2D eigenvalue weighted by atomic mass is 10.1. The number of halogens is 1. The Kier molecular flexibility index (Phi) is 4.16. The van der Waals surface area contributed by atoms with Crippen LogP contribution < -0.4 is 5.32 Å². The molecule has 2 aromatic rings. The van der Waals surface area contributed by atoms with Gasteiger partial charge in [0.2, 0.25) is 0 Å². The fourth-order valence-corrected chi connectivity index (χ4v) is 1.52. The van der Waals surface area contributed by atoms with Crippen molar-refractivity contribution in [3.63, 3.8) is 0 Å². The summed E-state index contributed by atoms with van der Waals surface area (Å²) in [4.78, 5) is 8.15. The maximum absolute atomic E-state index is 12.7. The molecule has 0 amide bonds. The van der Waals surface area contributed by atoms with Crippen LogP contribution in [0.1, 0.15) is 11.3 Å². The van der Waals surface area contributed by atoms with E-state index < -0.39 is 0 Å². The summed E-state index contributed by atoms with van der Waals surface area (Å²) in [5.74, 6) is -0.193. The standard InChI is InChI=1S/C13H14FN3/c14-12-3-1-11(2-4-12)5-6-15-9-13-10-16-7-8-17-13/h1-4,7-8,10,15H,5-6,9H2. The van der Waals surface area contributed by atoms with E-state index in [0.717, 1.165) is 24.2 Å². The predicted octanol–water partition coefficient (Wildman–Crippen LogP) is 1.95. The van der Waals surface area contributed by atoms with Crippen LogP contribution in [0.5, 0.6) is 0 Å². The van der Waals surface area contributed by atoms with Crippen molar-refractivity contribution in [1.29, 1.82) is 0 Å². The molecular formula is C13H14FN3. The Bertz CT molecular complexity index is 442. The maximum atomic E-state index is 12.7. The van der Waals surface area contributed by atoms with Gasteiger partial charge in [-0.15, -0.1) is 0 Å². The van der Waals surface area contributed by atoms with E-state index >= 15 is 0 Å². The zero-order chi connectivity index (χ0) is 11.9. The fraction of sp³-hybridized carbons (Fsp3) is 0.231. The molecule has 4 heteroatoms. The topological polar surface area (TPSA) is 37.8 Å². The zero-order valence-corrected chi connectivity index (χ0v) is 9.44. The van der Waals surface area contributed by atoms with Crippen LogP contribution in [0.25, 0.3) is 0 Å². The molecule has 0 aliphatic heterocycles. The Balaban J connectivity index is 1.71. The Hall–Kier alpha value is -1.81. The van der Waals surface area contributed by atoms with Gasteiger partial charge in [0.15, 0.2) is 0 Å². The molecule has 1 aromatic carbocycles. The number of nitrogens with one attached hydrogen (secondary N) is 1. The predicted molar refractivity (Wildman–Crippen MR) is 63.8 cm³/mol. The second-order valence-corrected chi connectivity index (χ2v) is 3.75. The summed E-state index contributed by atoms with van der Waals surface area (Å²) in [7, 11) is 0. The summed E-state index contributed by atoms with van der Waals surface area (Å²) >= 11 is 0. The highest BCUT2D eigenvalue weighted by molar-refractivity contribution is 5.16. The molecule has 0 saturated carbocycles. The van der Waals surface area contributed by atoms with Crippen molar-refractivity contribution in [2.75, 3.05) is 6.54 Å². The van der Waals surface area contributed by atoms with Crippen molar-refractivity contribution in [2.45, 2.75) is 13.0 Å². The molecule has 0 unspecified atom stereocenters. The number of benzene rings is 1. The minimum Gasteiger partial charge on any atom is -0.311 e. The third kappa shape index (κ3) is 3.92. The van der Waals surface area contributed by atoms with Crippen LogP contribution in [0.4, 0.5) is 4.39 Å². The first kappa shape index (κ1) is 11.7. The normalized spacial score (nSPS) is 10.4. The minimum absolute atomic E-state index is 0.193. The Morgan fingerprint density at radius 2 is 1.94 bits per heavy atom. The van der Waals surface area contributed by atoms with Crippen molar-refractivity contribution in [3.05, 3.63) is 59.9 Å². The smallest absolute Gasteiger partial charge is 0.123 e. The van der Waals surface area contributed by atoms with Crippen molar-refractivity contribution < 1.29 is 4.39 Å². The SMILES string of the molecule is Fc1ccc(CCNCc2cnccn2)cc1. The lowest BCUT2D eigenvalue weighted by Gasteiger charge is -2.04. The van der Waals surface area contributed by atoms with Crippen LogP contribution in [-0.4, -0.2) is 16.5 Å². The van der Waals surface area contributed by atoms with Crippen LogP contribution in [-0.2, 0) is 13.0 Å². The monoisotopic (exact) mass is 231 g/mol. The van der Waals surface area contributed by atoms with Gasteiger partial charge in [-0.05, 0) is 30.7 Å². The Labute approximate surface area is 99.7 Å². The first-order valence-electron chi connectivity index (χ1n) is 5.54. The van der Waals surface area contributed by atoms with Gasteiger partial charge in [0, 0.05) is 25.1 Å². The van der Waals surface area contributed by atoms with Crippen LogP contribution in [0.3, 0.4) is 0 Å². The quantitative estimate of drug-likeness (QED) is 0.799. The van der Waals surface area contributed by atoms with Crippen molar-refractivity contribution in [1.82, 2.24) is 15.3 Å². The molecule has 0 atom stereocenters. The highest BCUT2D eigenvalue weighted by atomic mass is 19.1. The molecule has 88 valence electrons. The van der Waals surface area contributed by atoms with E-state index in [9.17, 15) is 4.39 Å². The molecule has 0 bridgehead atoms. The molecule has 17 heavy (non-hydrogen) atoms. The van der Waals surface area contributed by atoms with E-state index in [2.05, 4.69) is 15.3 Å². The molecule has 0 aliphatic rings. The van der Waals surface area contributed by atoms with Gasteiger partial charge in [0.25, 0.3) is 0 Å². The van der Waals surface area contributed by atoms with Gasteiger partial charge in [0.1, 0.15) is 5.82 Å². The summed E-state index contributed by atoms with van der Waals surface area (Å²) in [5.41, 5.74) is 2.05. The van der Waals surface area contributed by atoms with Crippen LogP contribution in [0.2, 0.25) is 0 Å². The van der Waals surface area contributed by atoms with E-state index in [1.807, 2.05) is 0 Å². The summed E-state index contributed by atoms with van der Waals surface area (Å²) in [5, 5.41) is 3.27. The summed E-state index contributed by atoms with van der Waals surface area (Å²) in [6.07, 6.45) is 5.95. The van der Waals surface area contributed by atoms with Gasteiger partial charge in [-0.2, -0.15) is 0 Å². The molecule has 0 radical (unpaired) electrons. The molecule has 0 saturated heterocycles. The molecule has 3 nitrogen and oxygen atoms in total. The van der Waals surface area contributed by atoms with Gasteiger partial charge in [-0.1, -0.05) is 12.1 Å². The van der Waals surface area contributed by atoms with Crippen LogP contribution >= 0.6 is 0 Å². The number of nitrogens with zero attached hydrogens (tertiary/aromatic N) is 2. The van der Waals surface area contributed by atoms with Crippen molar-refractivity contribution in [3.8, 4) is 0 Å². The second-order valence-electron chi connectivity index (χ2n) is 3.75. The van der Waals surface area contributed by atoms with Crippen molar-refractivity contribution in [2.24, 2.45) is 0 Å². The molecular weight excluding hydrogens is 217 g/mol. The largest absolute Gasteiger partial charge is 0.311 e. The number of aromatic nitrogens is 2. The maximum Gasteiger partial charge on any atom is 0.123 e. The van der Waals surface area contributed by atoms with E-state index in [-0.39, 0.29) is 5.82 Å². The lowest BCUT2D eigenvalue weighted by molar-refractivity contribution is 0.625. The minimum atomic E-state index is -0.193. The Morgan fingerprint density at radius 1 is 1.12 bits per heavy atom. The molecule has 1 aromatic heterocycles. The van der Waals surface area contributed by atoms with Crippen molar-refractivity contribution >= 4 is 0 Å². The highest BCUT2D eigenvalue weighted by Crippen LogP contribution is 2.02. The van der Waals surface area contributed by atoms with E-state index in [1.165, 1.54) is 12.1 Å². The fourth-order valence-electron chi connectivity index (χ4n) is 1.52. The van der Waals surface area contributed by atoms with Crippen LogP contribution in [0.15, 0.2) is 42.9 Å². The van der Waals surface area contributed by atoms with E-state index in [1.54, 1.807) is 30.7 Å². The Morgan fingerprint density at radius 3 is 2.65 bits per heavy atom. The number of hydrogen-bond donors (Lipinski definition) is 1. The molecule has 0 fully saturated rings. The second kappa shape index (κ2) is 6.06. The number of hydrogen-bond acceptors (Lipinski definition) is 3. The van der Waals surface area contributed by atoms with Gasteiger partial charge in [-0.3, -0.25) is 9.97 Å². The molecule has 2 rings (SSSR count). The zero-order valence-electron chi connectivity index (χ0n) is 9.44. The van der Waals surface area contributed by atoms with E-state index in [4.69, 9.17) is 0 Å².